The average Bonchev–Trinajstić information content (AvgIpc) is 2.45. The first kappa shape index (κ1) is 20.1. The second kappa shape index (κ2) is 8.78. The summed E-state index contributed by atoms with van der Waals surface area (Å²) < 4.78 is 12.0. The predicted molar refractivity (Wildman–Crippen MR) is 99.8 cm³/mol. The maximum atomic E-state index is 10.3. The lowest BCUT2D eigenvalue weighted by Crippen LogP contribution is -2.45. The van der Waals surface area contributed by atoms with E-state index in [2.05, 4.69) is 33.9 Å². The van der Waals surface area contributed by atoms with Crippen LogP contribution in [0.15, 0.2) is 36.4 Å². The highest BCUT2D eigenvalue weighted by molar-refractivity contribution is 6.74. The molecule has 0 radical (unpaired) electrons. The molecule has 0 spiro atoms. The van der Waals surface area contributed by atoms with Crippen molar-refractivity contribution < 1.29 is 14.3 Å². The number of aliphatic hydroxyl groups is 1. The molecule has 2 atom stereocenters. The molecule has 0 heterocycles. The zero-order valence-electron chi connectivity index (χ0n) is 15.4. The lowest BCUT2D eigenvalue weighted by Gasteiger charge is -2.39. The van der Waals surface area contributed by atoms with Crippen LogP contribution in [0.25, 0.3) is 6.08 Å². The summed E-state index contributed by atoms with van der Waals surface area (Å²) in [5, 5.41) is 10.4. The Kier molecular flexibility index (Phi) is 7.68. The fourth-order valence-corrected chi connectivity index (χ4v) is 3.08. The average molecular weight is 337 g/mol. The minimum absolute atomic E-state index is 0.118. The molecule has 0 fully saturated rings. The number of benzene rings is 1. The zero-order valence-corrected chi connectivity index (χ0v) is 16.4. The quantitative estimate of drug-likeness (QED) is 0.545. The third-order valence-electron chi connectivity index (χ3n) is 4.33. The van der Waals surface area contributed by atoms with E-state index >= 15 is 0 Å². The van der Waals surface area contributed by atoms with E-state index < -0.39 is 14.4 Å². The van der Waals surface area contributed by atoms with Crippen LogP contribution in [-0.4, -0.2) is 32.4 Å². The third kappa shape index (κ3) is 7.00. The molecule has 3 nitrogen and oxygen atoms in total. The molecule has 0 saturated carbocycles. The summed E-state index contributed by atoms with van der Waals surface area (Å²) in [5.41, 5.74) is 1.07. The summed E-state index contributed by atoms with van der Waals surface area (Å²) in [7, 11) is -1.92. The highest BCUT2D eigenvalue weighted by atomic mass is 28.4. The minimum Gasteiger partial charge on any atom is -0.392 e. The van der Waals surface area contributed by atoms with E-state index in [0.29, 0.717) is 13.0 Å². The number of rotatable bonds is 8. The Bertz CT molecular complexity index is 477. The van der Waals surface area contributed by atoms with E-state index in [1.807, 2.05) is 43.3 Å². The van der Waals surface area contributed by atoms with Crippen LogP contribution in [0.3, 0.4) is 0 Å². The molecule has 0 bridgehead atoms. The third-order valence-corrected chi connectivity index (χ3v) is 8.79. The van der Waals surface area contributed by atoms with Crippen LogP contribution in [0, 0.1) is 0 Å². The van der Waals surface area contributed by atoms with Crippen LogP contribution in [0.5, 0.6) is 0 Å². The smallest absolute Gasteiger partial charge is 0.195 e. The topological polar surface area (TPSA) is 38.7 Å². The molecule has 1 aromatic carbocycles. The highest BCUT2D eigenvalue weighted by Crippen LogP contribution is 2.37. The monoisotopic (exact) mass is 336 g/mol. The van der Waals surface area contributed by atoms with Crippen molar-refractivity contribution in [2.75, 3.05) is 6.61 Å². The van der Waals surface area contributed by atoms with Gasteiger partial charge in [-0.15, -0.1) is 0 Å². The summed E-state index contributed by atoms with van der Waals surface area (Å²) in [5.74, 6) is 0. The Labute approximate surface area is 142 Å². The summed E-state index contributed by atoms with van der Waals surface area (Å²) >= 11 is 0. The first-order chi connectivity index (χ1) is 10.7. The van der Waals surface area contributed by atoms with E-state index in [4.69, 9.17) is 9.16 Å². The van der Waals surface area contributed by atoms with Crippen LogP contribution >= 0.6 is 0 Å². The lowest BCUT2D eigenvalue weighted by molar-refractivity contribution is -0.101. The van der Waals surface area contributed by atoms with Crippen molar-refractivity contribution in [3.05, 3.63) is 42.0 Å². The van der Waals surface area contributed by atoms with Gasteiger partial charge in [-0.1, -0.05) is 63.3 Å². The SMILES string of the molecule is CCOC(CC(O)/C=C/c1ccccc1)O[Si](C)(C)C(C)(C)C. The minimum atomic E-state index is -1.92. The van der Waals surface area contributed by atoms with Crippen molar-refractivity contribution in [1.29, 1.82) is 0 Å². The molecular weight excluding hydrogens is 304 g/mol. The van der Waals surface area contributed by atoms with Gasteiger partial charge in [-0.3, -0.25) is 0 Å². The Morgan fingerprint density at radius 1 is 1.17 bits per heavy atom. The van der Waals surface area contributed by atoms with Gasteiger partial charge in [-0.25, -0.2) is 0 Å². The van der Waals surface area contributed by atoms with Crippen LogP contribution < -0.4 is 0 Å². The van der Waals surface area contributed by atoms with E-state index in [1.54, 1.807) is 6.08 Å². The molecule has 0 amide bonds. The summed E-state index contributed by atoms with van der Waals surface area (Å²) in [6, 6.07) is 9.96. The maximum Gasteiger partial charge on any atom is 0.195 e. The number of aliphatic hydroxyl groups excluding tert-OH is 1. The molecule has 1 rings (SSSR count). The van der Waals surface area contributed by atoms with Gasteiger partial charge in [-0.2, -0.15) is 0 Å². The molecule has 2 unspecified atom stereocenters. The van der Waals surface area contributed by atoms with Crippen LogP contribution in [0.4, 0.5) is 0 Å². The van der Waals surface area contributed by atoms with E-state index in [9.17, 15) is 5.11 Å². The van der Waals surface area contributed by atoms with Crippen molar-refractivity contribution in [2.45, 2.75) is 64.6 Å². The molecule has 23 heavy (non-hydrogen) atoms. The van der Waals surface area contributed by atoms with Gasteiger partial charge in [0.2, 0.25) is 0 Å². The van der Waals surface area contributed by atoms with Crippen molar-refractivity contribution in [3.8, 4) is 0 Å². The molecule has 0 saturated heterocycles. The van der Waals surface area contributed by atoms with Gasteiger partial charge in [0.15, 0.2) is 14.6 Å². The van der Waals surface area contributed by atoms with Gasteiger partial charge < -0.3 is 14.3 Å². The lowest BCUT2D eigenvalue weighted by atomic mass is 10.1. The Hall–Kier alpha value is -0.943. The van der Waals surface area contributed by atoms with Gasteiger partial charge in [-0.05, 0) is 30.6 Å². The zero-order chi connectivity index (χ0) is 17.5. The first-order valence-corrected chi connectivity index (χ1v) is 11.3. The molecule has 0 aliphatic rings. The van der Waals surface area contributed by atoms with E-state index in [-0.39, 0.29) is 11.3 Å². The largest absolute Gasteiger partial charge is 0.392 e. The summed E-state index contributed by atoms with van der Waals surface area (Å²) in [4.78, 5) is 0. The number of hydrogen-bond donors (Lipinski definition) is 1. The van der Waals surface area contributed by atoms with Crippen LogP contribution in [0.2, 0.25) is 18.1 Å². The molecule has 130 valence electrons. The van der Waals surface area contributed by atoms with E-state index in [1.165, 1.54) is 0 Å². The number of hydrogen-bond acceptors (Lipinski definition) is 3. The second-order valence-corrected chi connectivity index (χ2v) is 12.1. The summed E-state index contributed by atoms with van der Waals surface area (Å²) in [6.45, 7) is 13.5. The second-order valence-electron chi connectivity index (χ2n) is 7.34. The van der Waals surface area contributed by atoms with Crippen LogP contribution in [0.1, 0.15) is 39.7 Å². The van der Waals surface area contributed by atoms with Gasteiger partial charge in [0.05, 0.1) is 6.10 Å². The Morgan fingerprint density at radius 2 is 1.78 bits per heavy atom. The molecule has 0 aromatic heterocycles. The fourth-order valence-electron chi connectivity index (χ4n) is 1.90. The number of ether oxygens (including phenoxy) is 1. The van der Waals surface area contributed by atoms with Gasteiger partial charge in [0, 0.05) is 13.0 Å². The van der Waals surface area contributed by atoms with Crippen molar-refractivity contribution in [1.82, 2.24) is 0 Å². The fraction of sp³-hybridized carbons (Fsp3) is 0.579. The molecular formula is C19H32O3Si. The molecule has 1 N–H and O–H groups in total. The molecule has 1 aromatic rings. The standard InChI is InChI=1S/C19H32O3Si/c1-7-21-18(22-23(5,6)19(2,3)4)15-17(20)14-13-16-11-9-8-10-12-16/h8-14,17-18,20H,7,15H2,1-6H3/b14-13+. The Balaban J connectivity index is 2.66. The van der Waals surface area contributed by atoms with Gasteiger partial charge >= 0.3 is 0 Å². The maximum absolute atomic E-state index is 10.3. The van der Waals surface area contributed by atoms with Gasteiger partial charge in [0.25, 0.3) is 0 Å². The van der Waals surface area contributed by atoms with Crippen molar-refractivity contribution in [2.24, 2.45) is 0 Å². The normalized spacial score (nSPS) is 15.8. The van der Waals surface area contributed by atoms with E-state index in [0.717, 1.165) is 5.56 Å². The van der Waals surface area contributed by atoms with Gasteiger partial charge in [0.1, 0.15) is 0 Å². The first-order valence-electron chi connectivity index (χ1n) is 8.36. The predicted octanol–water partition coefficient (Wildman–Crippen LogP) is 4.84. The molecule has 4 heteroatoms. The van der Waals surface area contributed by atoms with Crippen LogP contribution in [-0.2, 0) is 9.16 Å². The molecule has 0 aliphatic carbocycles. The highest BCUT2D eigenvalue weighted by Gasteiger charge is 2.39. The van der Waals surface area contributed by atoms with Crippen molar-refractivity contribution >= 4 is 14.4 Å². The van der Waals surface area contributed by atoms with Crippen molar-refractivity contribution in [3.63, 3.8) is 0 Å². The Morgan fingerprint density at radius 3 is 2.30 bits per heavy atom. The summed E-state index contributed by atoms with van der Waals surface area (Å²) in [6.07, 6.45) is 3.23. The molecule has 0 aliphatic heterocycles.